The molecule has 3 aromatic rings. The maximum Gasteiger partial charge on any atom is 0.331 e. The highest BCUT2D eigenvalue weighted by atomic mass is 16.5. The standard InChI is InChI=1S/C22H23N5O3/c1-14-7-8-15(11-18(14)19-23-13-17-6-4-10-26(17)25-19)24-21(29)27-16-5-3-9-22(27,12-16)20(28)30-2/h4,6-8,10-11,13,16H,3,5,9,12H2,1-2H3,(H,24,29). The number of fused-ring (bicyclic) bond motifs is 3. The van der Waals surface area contributed by atoms with Gasteiger partial charge in [-0.2, -0.15) is 0 Å². The molecule has 2 bridgehead atoms. The average Bonchev–Trinajstić information content (AvgIpc) is 3.22. The molecule has 2 fully saturated rings. The average molecular weight is 405 g/mol. The Morgan fingerprint density at radius 2 is 2.17 bits per heavy atom. The van der Waals surface area contributed by atoms with Gasteiger partial charge in [0.25, 0.3) is 0 Å². The van der Waals surface area contributed by atoms with E-state index in [0.717, 1.165) is 29.5 Å². The molecule has 1 aliphatic heterocycles. The topological polar surface area (TPSA) is 88.8 Å². The number of aromatic nitrogens is 3. The van der Waals surface area contributed by atoms with Gasteiger partial charge >= 0.3 is 12.0 Å². The van der Waals surface area contributed by atoms with Crippen molar-refractivity contribution in [2.75, 3.05) is 12.4 Å². The third-order valence-corrected chi connectivity index (χ3v) is 6.32. The zero-order chi connectivity index (χ0) is 20.9. The summed E-state index contributed by atoms with van der Waals surface area (Å²) in [6.45, 7) is 1.98. The Hall–Kier alpha value is -3.42. The van der Waals surface area contributed by atoms with E-state index >= 15 is 0 Å². The summed E-state index contributed by atoms with van der Waals surface area (Å²) in [5, 5.41) is 7.52. The van der Waals surface area contributed by atoms with Crippen molar-refractivity contribution in [1.29, 1.82) is 0 Å². The second kappa shape index (κ2) is 6.83. The number of hydrogen-bond donors (Lipinski definition) is 1. The van der Waals surface area contributed by atoms with E-state index in [9.17, 15) is 9.59 Å². The van der Waals surface area contributed by atoms with E-state index in [1.54, 1.807) is 15.6 Å². The van der Waals surface area contributed by atoms with Gasteiger partial charge in [-0.1, -0.05) is 6.07 Å². The van der Waals surface area contributed by atoms with Gasteiger partial charge in [0.15, 0.2) is 5.82 Å². The summed E-state index contributed by atoms with van der Waals surface area (Å²) in [6, 6.07) is 9.33. The molecule has 2 unspecified atom stereocenters. The maximum atomic E-state index is 13.1. The number of methoxy groups -OCH3 is 1. The molecule has 2 amide bonds. The lowest BCUT2D eigenvalue weighted by Gasteiger charge is -2.59. The number of rotatable bonds is 3. The van der Waals surface area contributed by atoms with Gasteiger partial charge in [0.2, 0.25) is 0 Å². The Labute approximate surface area is 173 Å². The number of aryl methyl sites for hydroxylation is 1. The van der Waals surface area contributed by atoms with Gasteiger partial charge in [-0.15, -0.1) is 5.10 Å². The van der Waals surface area contributed by atoms with Crippen LogP contribution in [-0.2, 0) is 9.53 Å². The Kier molecular flexibility index (Phi) is 4.23. The molecular formula is C22H23N5O3. The molecule has 3 heterocycles. The molecule has 8 nitrogen and oxygen atoms in total. The van der Waals surface area contributed by atoms with Crippen LogP contribution in [0.4, 0.5) is 10.5 Å². The molecule has 2 aromatic heterocycles. The fraction of sp³-hybridized carbons (Fsp3) is 0.364. The molecule has 154 valence electrons. The van der Waals surface area contributed by atoms with Gasteiger partial charge in [0.1, 0.15) is 5.54 Å². The fourth-order valence-corrected chi connectivity index (χ4v) is 4.82. The van der Waals surface area contributed by atoms with Crippen molar-refractivity contribution < 1.29 is 14.3 Å². The summed E-state index contributed by atoms with van der Waals surface area (Å²) in [4.78, 5) is 31.6. The number of nitrogens with zero attached hydrogens (tertiary/aromatic N) is 4. The number of hydrogen-bond acceptors (Lipinski definition) is 5. The van der Waals surface area contributed by atoms with Crippen molar-refractivity contribution in [2.24, 2.45) is 0 Å². The lowest BCUT2D eigenvalue weighted by molar-refractivity contribution is -0.172. The minimum absolute atomic E-state index is 0.0854. The lowest BCUT2D eigenvalue weighted by atomic mass is 9.68. The number of anilines is 1. The van der Waals surface area contributed by atoms with Gasteiger partial charge < -0.3 is 15.0 Å². The molecule has 0 spiro atoms. The predicted octanol–water partition coefficient (Wildman–Crippen LogP) is 3.41. The Balaban J connectivity index is 1.42. The highest BCUT2D eigenvalue weighted by molar-refractivity contribution is 5.97. The van der Waals surface area contributed by atoms with Crippen LogP contribution in [0.15, 0.2) is 42.7 Å². The number of carbonyl (C=O) groups excluding carboxylic acids is 2. The first-order chi connectivity index (χ1) is 14.5. The number of ether oxygens (including phenoxy) is 1. The number of benzene rings is 1. The van der Waals surface area contributed by atoms with E-state index in [4.69, 9.17) is 4.74 Å². The minimum Gasteiger partial charge on any atom is -0.467 e. The van der Waals surface area contributed by atoms with E-state index in [1.807, 2.05) is 43.5 Å². The number of carbonyl (C=O) groups is 2. The molecule has 5 rings (SSSR count). The van der Waals surface area contributed by atoms with Crippen molar-refractivity contribution >= 4 is 23.2 Å². The quantitative estimate of drug-likeness (QED) is 0.675. The zero-order valence-electron chi connectivity index (χ0n) is 17.0. The van der Waals surface area contributed by atoms with Crippen molar-refractivity contribution in [3.8, 4) is 11.4 Å². The number of nitrogens with one attached hydrogen (secondary N) is 1. The van der Waals surface area contributed by atoms with Crippen LogP contribution in [-0.4, -0.2) is 50.2 Å². The zero-order valence-corrected chi connectivity index (χ0v) is 17.0. The van der Waals surface area contributed by atoms with Crippen LogP contribution in [0.25, 0.3) is 16.9 Å². The molecule has 1 aromatic carbocycles. The summed E-state index contributed by atoms with van der Waals surface area (Å²) in [7, 11) is 1.38. The van der Waals surface area contributed by atoms with E-state index in [1.165, 1.54) is 7.11 Å². The summed E-state index contributed by atoms with van der Waals surface area (Å²) in [5.41, 5.74) is 2.58. The van der Waals surface area contributed by atoms with Crippen molar-refractivity contribution in [3.63, 3.8) is 0 Å². The Morgan fingerprint density at radius 1 is 1.30 bits per heavy atom. The Morgan fingerprint density at radius 3 is 2.97 bits per heavy atom. The van der Waals surface area contributed by atoms with Crippen LogP contribution in [0.2, 0.25) is 0 Å². The molecule has 8 heteroatoms. The molecular weight excluding hydrogens is 382 g/mol. The number of esters is 1. The monoisotopic (exact) mass is 405 g/mol. The SMILES string of the molecule is COC(=O)C12CCCC(C1)N2C(=O)Nc1ccc(C)c(-c2ncc3cccn3n2)c1. The summed E-state index contributed by atoms with van der Waals surface area (Å²) in [6.07, 6.45) is 6.81. The molecule has 1 saturated carbocycles. The molecule has 0 radical (unpaired) electrons. The molecule has 1 aliphatic carbocycles. The normalized spacial score (nSPS) is 22.5. The van der Waals surface area contributed by atoms with Gasteiger partial charge in [-0.25, -0.2) is 19.1 Å². The minimum atomic E-state index is -0.822. The van der Waals surface area contributed by atoms with Crippen LogP contribution in [0.3, 0.4) is 0 Å². The van der Waals surface area contributed by atoms with Crippen LogP contribution < -0.4 is 5.32 Å². The highest BCUT2D eigenvalue weighted by Crippen LogP contribution is 2.48. The second-order valence-corrected chi connectivity index (χ2v) is 8.06. The summed E-state index contributed by atoms with van der Waals surface area (Å²) in [5.74, 6) is 0.255. The first-order valence-corrected chi connectivity index (χ1v) is 10.1. The molecule has 30 heavy (non-hydrogen) atoms. The third kappa shape index (κ3) is 2.74. The first-order valence-electron chi connectivity index (χ1n) is 10.1. The van der Waals surface area contributed by atoms with E-state index in [-0.39, 0.29) is 18.0 Å². The van der Waals surface area contributed by atoms with Crippen molar-refractivity contribution in [2.45, 2.75) is 44.2 Å². The molecule has 2 atom stereocenters. The second-order valence-electron chi connectivity index (χ2n) is 8.06. The summed E-state index contributed by atoms with van der Waals surface area (Å²) < 4.78 is 6.78. The Bertz CT molecular complexity index is 1150. The van der Waals surface area contributed by atoms with Crippen LogP contribution in [0, 0.1) is 6.92 Å². The summed E-state index contributed by atoms with van der Waals surface area (Å²) >= 11 is 0. The largest absolute Gasteiger partial charge is 0.467 e. The van der Waals surface area contributed by atoms with Gasteiger partial charge in [0, 0.05) is 29.9 Å². The van der Waals surface area contributed by atoms with Gasteiger partial charge in [-0.3, -0.25) is 0 Å². The number of amides is 2. The van der Waals surface area contributed by atoms with Crippen molar-refractivity contribution in [3.05, 3.63) is 48.3 Å². The maximum absolute atomic E-state index is 13.1. The lowest BCUT2D eigenvalue weighted by Crippen LogP contribution is -2.74. The number of urea groups is 1. The molecule has 2 aliphatic rings. The van der Waals surface area contributed by atoms with Crippen molar-refractivity contribution in [1.82, 2.24) is 19.5 Å². The number of piperidine rings is 1. The van der Waals surface area contributed by atoms with Crippen LogP contribution in [0.1, 0.15) is 31.2 Å². The predicted molar refractivity (Wildman–Crippen MR) is 111 cm³/mol. The third-order valence-electron chi connectivity index (χ3n) is 6.32. The van der Waals surface area contributed by atoms with E-state index < -0.39 is 5.54 Å². The molecule has 1 N–H and O–H groups in total. The van der Waals surface area contributed by atoms with E-state index in [2.05, 4.69) is 15.4 Å². The van der Waals surface area contributed by atoms with Crippen LogP contribution in [0.5, 0.6) is 0 Å². The van der Waals surface area contributed by atoms with Gasteiger partial charge in [0.05, 0.1) is 18.8 Å². The molecule has 1 saturated heterocycles. The smallest absolute Gasteiger partial charge is 0.331 e. The van der Waals surface area contributed by atoms with Crippen LogP contribution >= 0.6 is 0 Å². The fourth-order valence-electron chi connectivity index (χ4n) is 4.82. The number of likely N-dealkylation sites (tertiary alicyclic amines) is 1. The van der Waals surface area contributed by atoms with Gasteiger partial charge in [-0.05, 0) is 56.0 Å². The van der Waals surface area contributed by atoms with E-state index in [0.29, 0.717) is 24.4 Å². The first kappa shape index (κ1) is 18.6. The highest BCUT2D eigenvalue weighted by Gasteiger charge is 2.61.